The van der Waals surface area contributed by atoms with Gasteiger partial charge < -0.3 is 10.2 Å². The number of nitrogens with one attached hydrogen (secondary N) is 1. The number of aromatic nitrogens is 1. The maximum absolute atomic E-state index is 4.82. The molecule has 3 nitrogen and oxygen atoms in total. The van der Waals surface area contributed by atoms with E-state index in [9.17, 15) is 0 Å². The molecule has 0 radical (unpaired) electrons. The number of aryl methyl sites for hydroxylation is 1. The van der Waals surface area contributed by atoms with Gasteiger partial charge in [0.15, 0.2) is 0 Å². The average Bonchev–Trinajstić information content (AvgIpc) is 2.49. The van der Waals surface area contributed by atoms with Gasteiger partial charge >= 0.3 is 0 Å². The van der Waals surface area contributed by atoms with Crippen LogP contribution in [0.3, 0.4) is 0 Å². The van der Waals surface area contributed by atoms with Crippen LogP contribution in [0.5, 0.6) is 0 Å². The normalized spacial score (nSPS) is 12.7. The van der Waals surface area contributed by atoms with Crippen molar-refractivity contribution in [2.75, 3.05) is 24.0 Å². The summed E-state index contributed by atoms with van der Waals surface area (Å²) in [6, 6.07) is 5.51. The Morgan fingerprint density at radius 1 is 1.29 bits per heavy atom. The van der Waals surface area contributed by atoms with Gasteiger partial charge in [0.05, 0.1) is 0 Å². The van der Waals surface area contributed by atoms with Gasteiger partial charge in [0, 0.05) is 37.1 Å². The van der Waals surface area contributed by atoms with Crippen molar-refractivity contribution in [2.45, 2.75) is 59.2 Å². The van der Waals surface area contributed by atoms with Crippen molar-refractivity contribution in [1.29, 1.82) is 0 Å². The van der Waals surface area contributed by atoms with E-state index in [-0.39, 0.29) is 0 Å². The minimum Gasteiger partial charge on any atom is -0.356 e. The molecule has 1 rings (SSSR count). The van der Waals surface area contributed by atoms with Crippen molar-refractivity contribution < 1.29 is 0 Å². The topological polar surface area (TPSA) is 28.2 Å². The SMILES string of the molecule is CCc1cc(CNC(C)C)cc(N(C)C(CC)CSC)n1. The largest absolute Gasteiger partial charge is 0.356 e. The monoisotopic (exact) mass is 309 g/mol. The summed E-state index contributed by atoms with van der Waals surface area (Å²) < 4.78 is 0. The van der Waals surface area contributed by atoms with Crippen molar-refractivity contribution in [1.82, 2.24) is 10.3 Å². The summed E-state index contributed by atoms with van der Waals surface area (Å²) in [5, 5.41) is 3.50. The molecule has 0 saturated heterocycles. The van der Waals surface area contributed by atoms with E-state index in [2.05, 4.69) is 63.3 Å². The van der Waals surface area contributed by atoms with E-state index in [1.54, 1.807) is 0 Å². The van der Waals surface area contributed by atoms with Crippen molar-refractivity contribution in [2.24, 2.45) is 0 Å². The van der Waals surface area contributed by atoms with E-state index >= 15 is 0 Å². The van der Waals surface area contributed by atoms with Gasteiger partial charge in [0.1, 0.15) is 5.82 Å². The zero-order valence-electron chi connectivity index (χ0n) is 14.4. The number of nitrogens with zero attached hydrogens (tertiary/aromatic N) is 2. The zero-order chi connectivity index (χ0) is 15.8. The molecule has 1 unspecified atom stereocenters. The average molecular weight is 310 g/mol. The second-order valence-corrected chi connectivity index (χ2v) is 6.75. The summed E-state index contributed by atoms with van der Waals surface area (Å²) in [7, 11) is 2.17. The van der Waals surface area contributed by atoms with E-state index in [1.807, 2.05) is 11.8 Å². The molecule has 0 bridgehead atoms. The van der Waals surface area contributed by atoms with Crippen LogP contribution in [0.15, 0.2) is 12.1 Å². The number of thioether (sulfide) groups is 1. The zero-order valence-corrected chi connectivity index (χ0v) is 15.3. The number of hydrogen-bond acceptors (Lipinski definition) is 4. The Labute approximate surface area is 134 Å². The Bertz CT molecular complexity index is 420. The molecule has 1 N–H and O–H groups in total. The highest BCUT2D eigenvalue weighted by molar-refractivity contribution is 7.98. The second kappa shape index (κ2) is 9.31. The molecule has 1 aromatic rings. The van der Waals surface area contributed by atoms with E-state index in [0.29, 0.717) is 12.1 Å². The fourth-order valence-electron chi connectivity index (χ4n) is 2.30. The molecule has 0 amide bonds. The van der Waals surface area contributed by atoms with Gasteiger partial charge in [-0.25, -0.2) is 4.98 Å². The number of hydrogen-bond donors (Lipinski definition) is 1. The van der Waals surface area contributed by atoms with Crippen LogP contribution in [0.25, 0.3) is 0 Å². The van der Waals surface area contributed by atoms with E-state index in [1.165, 1.54) is 11.3 Å². The number of pyridine rings is 1. The molecule has 1 aromatic heterocycles. The van der Waals surface area contributed by atoms with Gasteiger partial charge in [-0.05, 0) is 36.8 Å². The van der Waals surface area contributed by atoms with Crippen LogP contribution >= 0.6 is 11.8 Å². The third-order valence-corrected chi connectivity index (χ3v) is 4.46. The van der Waals surface area contributed by atoms with Crippen LogP contribution in [-0.4, -0.2) is 36.1 Å². The van der Waals surface area contributed by atoms with E-state index in [4.69, 9.17) is 4.98 Å². The van der Waals surface area contributed by atoms with Crippen LogP contribution in [0, 0.1) is 0 Å². The molecule has 1 atom stereocenters. The van der Waals surface area contributed by atoms with Gasteiger partial charge in [-0.1, -0.05) is 27.7 Å². The number of rotatable bonds is 9. The molecule has 0 fully saturated rings. The molecular formula is C17H31N3S. The predicted molar refractivity (Wildman–Crippen MR) is 96.5 cm³/mol. The summed E-state index contributed by atoms with van der Waals surface area (Å²) in [6.07, 6.45) is 4.30. The third kappa shape index (κ3) is 5.87. The smallest absolute Gasteiger partial charge is 0.129 e. The fraction of sp³-hybridized carbons (Fsp3) is 0.706. The Kier molecular flexibility index (Phi) is 8.12. The molecule has 21 heavy (non-hydrogen) atoms. The molecule has 1 heterocycles. The van der Waals surface area contributed by atoms with Crippen molar-refractivity contribution in [3.63, 3.8) is 0 Å². The minimum absolute atomic E-state index is 0.504. The Morgan fingerprint density at radius 2 is 2.00 bits per heavy atom. The molecule has 0 spiro atoms. The first kappa shape index (κ1) is 18.3. The maximum atomic E-state index is 4.82. The first-order valence-electron chi connectivity index (χ1n) is 7.96. The lowest BCUT2D eigenvalue weighted by molar-refractivity contribution is 0.587. The lowest BCUT2D eigenvalue weighted by Gasteiger charge is -2.28. The quantitative estimate of drug-likeness (QED) is 0.752. The summed E-state index contributed by atoms with van der Waals surface area (Å²) in [5.41, 5.74) is 2.51. The summed E-state index contributed by atoms with van der Waals surface area (Å²) >= 11 is 1.90. The first-order chi connectivity index (χ1) is 10.0. The highest BCUT2D eigenvalue weighted by Gasteiger charge is 2.15. The Hall–Kier alpha value is -0.740. The predicted octanol–water partition coefficient (Wildman–Crippen LogP) is 3.72. The molecule has 4 heteroatoms. The van der Waals surface area contributed by atoms with E-state index in [0.717, 1.165) is 31.0 Å². The summed E-state index contributed by atoms with van der Waals surface area (Å²) in [6.45, 7) is 9.70. The van der Waals surface area contributed by atoms with Crippen molar-refractivity contribution in [3.8, 4) is 0 Å². The molecular weight excluding hydrogens is 278 g/mol. The molecule has 0 aromatic carbocycles. The number of anilines is 1. The van der Waals surface area contributed by atoms with Gasteiger partial charge in [-0.15, -0.1) is 0 Å². The lowest BCUT2D eigenvalue weighted by atomic mass is 10.1. The summed E-state index contributed by atoms with van der Waals surface area (Å²) in [5.74, 6) is 2.25. The van der Waals surface area contributed by atoms with Gasteiger partial charge in [-0.2, -0.15) is 11.8 Å². The standard InChI is InChI=1S/C17H31N3S/c1-7-15-9-14(11-18-13(3)4)10-17(19-15)20(5)16(8-2)12-21-6/h9-10,13,16,18H,7-8,11-12H2,1-6H3. The van der Waals surface area contributed by atoms with Gasteiger partial charge in [0.25, 0.3) is 0 Å². The third-order valence-electron chi connectivity index (χ3n) is 3.74. The van der Waals surface area contributed by atoms with Crippen molar-refractivity contribution >= 4 is 17.6 Å². The molecule has 0 saturated carbocycles. The highest BCUT2D eigenvalue weighted by Crippen LogP contribution is 2.20. The Morgan fingerprint density at radius 3 is 2.52 bits per heavy atom. The first-order valence-corrected chi connectivity index (χ1v) is 9.36. The minimum atomic E-state index is 0.504. The maximum Gasteiger partial charge on any atom is 0.129 e. The summed E-state index contributed by atoms with van der Waals surface area (Å²) in [4.78, 5) is 7.16. The molecule has 0 aliphatic heterocycles. The fourth-order valence-corrected chi connectivity index (χ4v) is 3.15. The van der Waals surface area contributed by atoms with Crippen LogP contribution in [0.2, 0.25) is 0 Å². The van der Waals surface area contributed by atoms with Gasteiger partial charge in [0.2, 0.25) is 0 Å². The second-order valence-electron chi connectivity index (χ2n) is 5.84. The molecule has 0 aliphatic rings. The van der Waals surface area contributed by atoms with Crippen LogP contribution in [0.1, 0.15) is 45.4 Å². The highest BCUT2D eigenvalue weighted by atomic mass is 32.2. The van der Waals surface area contributed by atoms with E-state index < -0.39 is 0 Å². The van der Waals surface area contributed by atoms with Crippen LogP contribution in [0.4, 0.5) is 5.82 Å². The van der Waals surface area contributed by atoms with Crippen LogP contribution < -0.4 is 10.2 Å². The molecule has 0 aliphatic carbocycles. The van der Waals surface area contributed by atoms with Gasteiger partial charge in [-0.3, -0.25) is 0 Å². The lowest BCUT2D eigenvalue weighted by Crippen LogP contribution is -2.34. The molecule has 120 valence electrons. The Balaban J connectivity index is 2.96. The van der Waals surface area contributed by atoms with Crippen LogP contribution in [-0.2, 0) is 13.0 Å². The van der Waals surface area contributed by atoms with Crippen molar-refractivity contribution in [3.05, 3.63) is 23.4 Å².